The molecule has 1 atom stereocenters. The summed E-state index contributed by atoms with van der Waals surface area (Å²) in [5.74, 6) is 0.955. The first kappa shape index (κ1) is 12.3. The molecule has 0 aromatic rings. The van der Waals surface area contributed by atoms with E-state index in [0.29, 0.717) is 6.10 Å². The molecule has 1 unspecified atom stereocenters. The Bertz CT molecular complexity index is 175. The molecule has 2 aliphatic rings. The fraction of sp³-hybridized carbons (Fsp3) is 1.00. The minimum absolute atomic E-state index is 0.548. The summed E-state index contributed by atoms with van der Waals surface area (Å²) in [5, 5.41) is 6.98. The monoisotopic (exact) mass is 226 g/mol. The second-order valence-electron chi connectivity index (χ2n) is 5.16. The van der Waals surface area contributed by atoms with Gasteiger partial charge >= 0.3 is 0 Å². The highest BCUT2D eigenvalue weighted by Crippen LogP contribution is 2.16. The second kappa shape index (κ2) is 7.25. The van der Waals surface area contributed by atoms with E-state index < -0.39 is 0 Å². The van der Waals surface area contributed by atoms with Gasteiger partial charge in [-0.25, -0.2) is 0 Å². The van der Waals surface area contributed by atoms with Crippen LogP contribution in [-0.2, 0) is 4.74 Å². The summed E-state index contributed by atoms with van der Waals surface area (Å²) in [6.07, 6.45) is 8.38. The number of nitrogens with one attached hydrogen (secondary N) is 2. The number of rotatable bonds is 6. The van der Waals surface area contributed by atoms with Gasteiger partial charge in [0.2, 0.25) is 0 Å². The van der Waals surface area contributed by atoms with Gasteiger partial charge in [0.1, 0.15) is 0 Å². The van der Waals surface area contributed by atoms with E-state index in [1.165, 1.54) is 58.2 Å². The van der Waals surface area contributed by atoms with Gasteiger partial charge in [-0.05, 0) is 70.6 Å². The third-order valence-electron chi connectivity index (χ3n) is 3.86. The third-order valence-corrected chi connectivity index (χ3v) is 3.86. The Hall–Kier alpha value is -0.120. The van der Waals surface area contributed by atoms with Crippen LogP contribution in [-0.4, -0.2) is 38.9 Å². The second-order valence-corrected chi connectivity index (χ2v) is 5.16. The number of ether oxygens (including phenoxy) is 1. The van der Waals surface area contributed by atoms with Gasteiger partial charge in [0.05, 0.1) is 6.10 Å². The lowest BCUT2D eigenvalue weighted by molar-refractivity contribution is 0.104. The van der Waals surface area contributed by atoms with Crippen LogP contribution in [0.4, 0.5) is 0 Å². The van der Waals surface area contributed by atoms with Crippen molar-refractivity contribution in [3.8, 4) is 0 Å². The molecule has 2 rings (SSSR count). The van der Waals surface area contributed by atoms with Gasteiger partial charge in [-0.3, -0.25) is 0 Å². The molecule has 0 aliphatic carbocycles. The van der Waals surface area contributed by atoms with Crippen molar-refractivity contribution in [2.45, 2.75) is 44.6 Å². The Kier molecular flexibility index (Phi) is 5.59. The summed E-state index contributed by atoms with van der Waals surface area (Å²) in [7, 11) is 0. The minimum atomic E-state index is 0.548. The van der Waals surface area contributed by atoms with E-state index in [4.69, 9.17) is 4.74 Å². The van der Waals surface area contributed by atoms with Gasteiger partial charge in [0.25, 0.3) is 0 Å². The Balaban J connectivity index is 1.42. The zero-order valence-electron chi connectivity index (χ0n) is 10.3. The van der Waals surface area contributed by atoms with Crippen LogP contribution >= 0.6 is 0 Å². The number of hydrogen-bond acceptors (Lipinski definition) is 3. The standard InChI is InChI=1S/C13H26N2O/c1-2-13(16-11-1)6-10-15-9-5-12-3-7-14-8-4-12/h12-15H,1-11H2. The summed E-state index contributed by atoms with van der Waals surface area (Å²) in [5.41, 5.74) is 0. The van der Waals surface area contributed by atoms with Crippen LogP contribution in [0.15, 0.2) is 0 Å². The smallest absolute Gasteiger partial charge is 0.0588 e. The fourth-order valence-electron chi connectivity index (χ4n) is 2.74. The molecule has 2 saturated heterocycles. The van der Waals surface area contributed by atoms with Gasteiger partial charge in [-0.1, -0.05) is 0 Å². The van der Waals surface area contributed by atoms with E-state index in [2.05, 4.69) is 10.6 Å². The van der Waals surface area contributed by atoms with Gasteiger partial charge in [0, 0.05) is 6.61 Å². The van der Waals surface area contributed by atoms with Crippen molar-refractivity contribution in [2.75, 3.05) is 32.8 Å². The molecule has 0 aromatic heterocycles. The summed E-state index contributed by atoms with van der Waals surface area (Å²) >= 11 is 0. The van der Waals surface area contributed by atoms with E-state index in [0.717, 1.165) is 19.1 Å². The summed E-state index contributed by atoms with van der Waals surface area (Å²) in [6.45, 7) is 5.76. The van der Waals surface area contributed by atoms with Crippen LogP contribution in [0, 0.1) is 5.92 Å². The topological polar surface area (TPSA) is 33.3 Å². The van der Waals surface area contributed by atoms with E-state index in [-0.39, 0.29) is 0 Å². The average molecular weight is 226 g/mol. The molecule has 2 fully saturated rings. The van der Waals surface area contributed by atoms with Crippen LogP contribution < -0.4 is 10.6 Å². The molecule has 2 N–H and O–H groups in total. The molecule has 0 saturated carbocycles. The van der Waals surface area contributed by atoms with Crippen molar-refractivity contribution in [2.24, 2.45) is 5.92 Å². The Morgan fingerprint density at radius 2 is 1.88 bits per heavy atom. The normalized spacial score (nSPS) is 27.4. The highest BCUT2D eigenvalue weighted by Gasteiger charge is 2.15. The lowest BCUT2D eigenvalue weighted by Crippen LogP contribution is -2.30. The van der Waals surface area contributed by atoms with Crippen LogP contribution in [0.2, 0.25) is 0 Å². The van der Waals surface area contributed by atoms with Crippen molar-refractivity contribution in [3.05, 3.63) is 0 Å². The first-order chi connectivity index (χ1) is 7.95. The zero-order chi connectivity index (χ0) is 11.1. The lowest BCUT2D eigenvalue weighted by Gasteiger charge is -2.22. The lowest BCUT2D eigenvalue weighted by atomic mass is 9.95. The molecule has 0 aromatic carbocycles. The predicted molar refractivity (Wildman–Crippen MR) is 66.7 cm³/mol. The van der Waals surface area contributed by atoms with Crippen LogP contribution in [0.5, 0.6) is 0 Å². The molecule has 2 heterocycles. The van der Waals surface area contributed by atoms with Gasteiger partial charge < -0.3 is 15.4 Å². The van der Waals surface area contributed by atoms with Gasteiger partial charge in [-0.2, -0.15) is 0 Å². The van der Waals surface area contributed by atoms with E-state index >= 15 is 0 Å². The Morgan fingerprint density at radius 3 is 2.62 bits per heavy atom. The van der Waals surface area contributed by atoms with E-state index in [1.54, 1.807) is 0 Å². The summed E-state index contributed by atoms with van der Waals surface area (Å²) in [6, 6.07) is 0. The Labute approximate surface area is 99.3 Å². The zero-order valence-corrected chi connectivity index (χ0v) is 10.3. The highest BCUT2D eigenvalue weighted by molar-refractivity contribution is 4.70. The molecule has 0 bridgehead atoms. The maximum Gasteiger partial charge on any atom is 0.0588 e. The molecular weight excluding hydrogens is 200 g/mol. The van der Waals surface area contributed by atoms with Crippen LogP contribution in [0.1, 0.15) is 38.5 Å². The Morgan fingerprint density at radius 1 is 1.06 bits per heavy atom. The van der Waals surface area contributed by atoms with Crippen molar-refractivity contribution in [1.29, 1.82) is 0 Å². The van der Waals surface area contributed by atoms with Gasteiger partial charge in [0.15, 0.2) is 0 Å². The quantitative estimate of drug-likeness (QED) is 0.674. The fourth-order valence-corrected chi connectivity index (χ4v) is 2.74. The maximum atomic E-state index is 5.60. The minimum Gasteiger partial charge on any atom is -0.378 e. The third kappa shape index (κ3) is 4.40. The van der Waals surface area contributed by atoms with E-state index in [9.17, 15) is 0 Å². The SMILES string of the molecule is C1COC(CCNCCC2CCNCC2)C1. The van der Waals surface area contributed by atoms with Gasteiger partial charge in [-0.15, -0.1) is 0 Å². The van der Waals surface area contributed by atoms with Crippen molar-refractivity contribution >= 4 is 0 Å². The first-order valence-corrected chi connectivity index (χ1v) is 6.98. The van der Waals surface area contributed by atoms with Crippen LogP contribution in [0.3, 0.4) is 0 Å². The van der Waals surface area contributed by atoms with E-state index in [1.807, 2.05) is 0 Å². The van der Waals surface area contributed by atoms with Crippen molar-refractivity contribution < 1.29 is 4.74 Å². The number of hydrogen-bond donors (Lipinski definition) is 2. The predicted octanol–water partition coefficient (Wildman–Crippen LogP) is 1.53. The molecule has 0 spiro atoms. The molecule has 0 amide bonds. The maximum absolute atomic E-state index is 5.60. The molecular formula is C13H26N2O. The largest absolute Gasteiger partial charge is 0.378 e. The molecule has 16 heavy (non-hydrogen) atoms. The summed E-state index contributed by atoms with van der Waals surface area (Å²) < 4.78 is 5.60. The molecule has 0 radical (unpaired) electrons. The van der Waals surface area contributed by atoms with Crippen molar-refractivity contribution in [3.63, 3.8) is 0 Å². The van der Waals surface area contributed by atoms with Crippen molar-refractivity contribution in [1.82, 2.24) is 10.6 Å². The molecule has 2 aliphatic heterocycles. The number of piperidine rings is 1. The molecule has 3 heteroatoms. The van der Waals surface area contributed by atoms with Crippen LogP contribution in [0.25, 0.3) is 0 Å². The summed E-state index contributed by atoms with van der Waals surface area (Å²) in [4.78, 5) is 0. The molecule has 3 nitrogen and oxygen atoms in total. The highest BCUT2D eigenvalue weighted by atomic mass is 16.5. The molecule has 94 valence electrons. The first-order valence-electron chi connectivity index (χ1n) is 6.98. The average Bonchev–Trinajstić information content (AvgIpc) is 2.83.